The maximum Gasteiger partial charge on any atom is 0.124 e. The molecule has 0 heterocycles. The molecule has 3 heteroatoms. The maximum atomic E-state index is 13.3. The SMILES string of the molecule is CC1CCC(N)(Cc2cc(F)cc(Br)c2)CC1. The van der Waals surface area contributed by atoms with Crippen LogP contribution in [0.15, 0.2) is 22.7 Å². The molecule has 0 saturated heterocycles. The summed E-state index contributed by atoms with van der Waals surface area (Å²) in [4.78, 5) is 0. The van der Waals surface area contributed by atoms with Gasteiger partial charge in [0, 0.05) is 10.0 Å². The minimum Gasteiger partial charge on any atom is -0.325 e. The van der Waals surface area contributed by atoms with Crippen molar-refractivity contribution in [1.82, 2.24) is 0 Å². The molecule has 0 aliphatic heterocycles. The minimum absolute atomic E-state index is 0.139. The smallest absolute Gasteiger partial charge is 0.124 e. The van der Waals surface area contributed by atoms with Gasteiger partial charge in [0.25, 0.3) is 0 Å². The van der Waals surface area contributed by atoms with Crippen LogP contribution in [-0.4, -0.2) is 5.54 Å². The van der Waals surface area contributed by atoms with Crippen LogP contribution in [0.2, 0.25) is 0 Å². The lowest BCUT2D eigenvalue weighted by molar-refractivity contribution is 0.243. The minimum atomic E-state index is -0.192. The molecular formula is C14H19BrFN. The number of benzene rings is 1. The highest BCUT2D eigenvalue weighted by Gasteiger charge is 2.30. The first-order chi connectivity index (χ1) is 7.97. The van der Waals surface area contributed by atoms with Crippen LogP contribution >= 0.6 is 15.9 Å². The Morgan fingerprint density at radius 2 is 2.00 bits per heavy atom. The van der Waals surface area contributed by atoms with Gasteiger partial charge in [-0.25, -0.2) is 4.39 Å². The summed E-state index contributed by atoms with van der Waals surface area (Å²) in [5.41, 5.74) is 7.27. The average Bonchev–Trinajstić information content (AvgIpc) is 2.21. The van der Waals surface area contributed by atoms with E-state index in [1.165, 1.54) is 18.9 Å². The first-order valence-electron chi connectivity index (χ1n) is 6.21. The van der Waals surface area contributed by atoms with Crippen molar-refractivity contribution in [3.8, 4) is 0 Å². The molecule has 0 amide bonds. The van der Waals surface area contributed by atoms with E-state index < -0.39 is 0 Å². The van der Waals surface area contributed by atoms with E-state index in [2.05, 4.69) is 22.9 Å². The molecule has 0 spiro atoms. The fraction of sp³-hybridized carbons (Fsp3) is 0.571. The molecule has 1 aromatic rings. The summed E-state index contributed by atoms with van der Waals surface area (Å²) in [6.07, 6.45) is 5.24. The van der Waals surface area contributed by atoms with Crippen molar-refractivity contribution in [3.05, 3.63) is 34.1 Å². The van der Waals surface area contributed by atoms with Gasteiger partial charge in [-0.05, 0) is 61.8 Å². The van der Waals surface area contributed by atoms with Crippen molar-refractivity contribution in [3.63, 3.8) is 0 Å². The molecule has 1 aliphatic carbocycles. The van der Waals surface area contributed by atoms with Crippen molar-refractivity contribution in [2.45, 2.75) is 44.6 Å². The number of halogens is 2. The zero-order chi connectivity index (χ0) is 12.5. The fourth-order valence-corrected chi connectivity index (χ4v) is 3.15. The van der Waals surface area contributed by atoms with Crippen LogP contribution in [0, 0.1) is 11.7 Å². The molecule has 0 bridgehead atoms. The number of hydrogen-bond acceptors (Lipinski definition) is 1. The molecule has 0 radical (unpaired) electrons. The summed E-state index contributed by atoms with van der Waals surface area (Å²) in [5.74, 6) is 0.591. The van der Waals surface area contributed by atoms with Crippen LogP contribution < -0.4 is 5.73 Å². The predicted octanol–water partition coefficient (Wildman–Crippen LogP) is 4.04. The van der Waals surface area contributed by atoms with Crippen LogP contribution in [0.5, 0.6) is 0 Å². The summed E-state index contributed by atoms with van der Waals surface area (Å²) < 4.78 is 14.1. The van der Waals surface area contributed by atoms with Crippen molar-refractivity contribution in [1.29, 1.82) is 0 Å². The van der Waals surface area contributed by atoms with Crippen LogP contribution in [0.1, 0.15) is 38.2 Å². The number of nitrogens with two attached hydrogens (primary N) is 1. The molecule has 1 saturated carbocycles. The first kappa shape index (κ1) is 13.0. The van der Waals surface area contributed by atoms with Crippen LogP contribution in [0.25, 0.3) is 0 Å². The van der Waals surface area contributed by atoms with Crippen molar-refractivity contribution in [2.75, 3.05) is 0 Å². The van der Waals surface area contributed by atoms with Gasteiger partial charge in [-0.1, -0.05) is 22.9 Å². The molecule has 0 aromatic heterocycles. The van der Waals surface area contributed by atoms with Gasteiger partial charge in [0.05, 0.1) is 0 Å². The quantitative estimate of drug-likeness (QED) is 0.876. The lowest BCUT2D eigenvalue weighted by Gasteiger charge is -2.36. The molecule has 0 unspecified atom stereocenters. The first-order valence-corrected chi connectivity index (χ1v) is 7.00. The molecule has 17 heavy (non-hydrogen) atoms. The lowest BCUT2D eigenvalue weighted by Crippen LogP contribution is -2.45. The Balaban J connectivity index is 2.09. The average molecular weight is 300 g/mol. The molecule has 1 fully saturated rings. The topological polar surface area (TPSA) is 26.0 Å². The van der Waals surface area contributed by atoms with Gasteiger partial charge in [0.2, 0.25) is 0 Å². The largest absolute Gasteiger partial charge is 0.325 e. The second kappa shape index (κ2) is 5.07. The van der Waals surface area contributed by atoms with Gasteiger partial charge in [0.15, 0.2) is 0 Å². The standard InChI is InChI=1S/C14H19BrFN/c1-10-2-4-14(17,5-3-10)9-11-6-12(15)8-13(16)7-11/h6-8,10H,2-5,9,17H2,1H3. The second-order valence-corrected chi connectivity index (χ2v) is 6.42. The Hall–Kier alpha value is -0.410. The Labute approximate surface area is 111 Å². The highest BCUT2D eigenvalue weighted by molar-refractivity contribution is 9.10. The molecule has 2 rings (SSSR count). The predicted molar refractivity (Wildman–Crippen MR) is 72.4 cm³/mol. The molecule has 1 nitrogen and oxygen atoms in total. The molecule has 94 valence electrons. The summed E-state index contributed by atoms with van der Waals surface area (Å²) in [7, 11) is 0. The van der Waals surface area contributed by atoms with Crippen LogP contribution in [-0.2, 0) is 6.42 Å². The van der Waals surface area contributed by atoms with Gasteiger partial charge in [-0.3, -0.25) is 0 Å². The highest BCUT2D eigenvalue weighted by atomic mass is 79.9. The van der Waals surface area contributed by atoms with Crippen molar-refractivity contribution < 1.29 is 4.39 Å². The normalized spacial score (nSPS) is 29.3. The maximum absolute atomic E-state index is 13.3. The third-order valence-electron chi connectivity index (χ3n) is 3.75. The van der Waals surface area contributed by atoms with E-state index in [9.17, 15) is 4.39 Å². The van der Waals surface area contributed by atoms with Crippen LogP contribution in [0.3, 0.4) is 0 Å². The third kappa shape index (κ3) is 3.52. The summed E-state index contributed by atoms with van der Waals surface area (Å²) in [6, 6.07) is 5.04. The van der Waals surface area contributed by atoms with E-state index >= 15 is 0 Å². The molecular weight excluding hydrogens is 281 g/mol. The molecule has 1 aromatic carbocycles. The molecule has 0 atom stereocenters. The Bertz CT molecular complexity index is 377. The van der Waals surface area contributed by atoms with E-state index in [0.29, 0.717) is 0 Å². The lowest BCUT2D eigenvalue weighted by atomic mass is 9.75. The molecule has 1 aliphatic rings. The van der Waals surface area contributed by atoms with Gasteiger partial charge in [-0.15, -0.1) is 0 Å². The Kier molecular flexibility index (Phi) is 3.88. The van der Waals surface area contributed by atoms with E-state index in [1.807, 2.05) is 6.07 Å². The van der Waals surface area contributed by atoms with Crippen LogP contribution in [0.4, 0.5) is 4.39 Å². The van der Waals surface area contributed by atoms with Gasteiger partial charge < -0.3 is 5.73 Å². The number of rotatable bonds is 2. The molecule has 2 N–H and O–H groups in total. The van der Waals surface area contributed by atoms with E-state index in [4.69, 9.17) is 5.73 Å². The second-order valence-electron chi connectivity index (χ2n) is 5.50. The van der Waals surface area contributed by atoms with Gasteiger partial charge in [-0.2, -0.15) is 0 Å². The zero-order valence-electron chi connectivity index (χ0n) is 10.2. The Morgan fingerprint density at radius 3 is 2.59 bits per heavy atom. The third-order valence-corrected chi connectivity index (χ3v) is 4.21. The van der Waals surface area contributed by atoms with E-state index in [1.54, 1.807) is 6.07 Å². The van der Waals surface area contributed by atoms with Crippen molar-refractivity contribution >= 4 is 15.9 Å². The van der Waals surface area contributed by atoms with E-state index in [-0.39, 0.29) is 11.4 Å². The fourth-order valence-electron chi connectivity index (χ4n) is 2.63. The highest BCUT2D eigenvalue weighted by Crippen LogP contribution is 2.33. The number of hydrogen-bond donors (Lipinski definition) is 1. The zero-order valence-corrected chi connectivity index (χ0v) is 11.8. The van der Waals surface area contributed by atoms with E-state index in [0.717, 1.165) is 35.2 Å². The van der Waals surface area contributed by atoms with Crippen molar-refractivity contribution in [2.24, 2.45) is 11.7 Å². The summed E-state index contributed by atoms with van der Waals surface area (Å²) in [5, 5.41) is 0. The van der Waals surface area contributed by atoms with Gasteiger partial charge in [0.1, 0.15) is 5.82 Å². The Morgan fingerprint density at radius 1 is 1.35 bits per heavy atom. The summed E-state index contributed by atoms with van der Waals surface area (Å²) >= 11 is 3.32. The monoisotopic (exact) mass is 299 g/mol. The van der Waals surface area contributed by atoms with Gasteiger partial charge >= 0.3 is 0 Å². The summed E-state index contributed by atoms with van der Waals surface area (Å²) in [6.45, 7) is 2.28.